The van der Waals surface area contributed by atoms with Crippen LogP contribution in [-0.4, -0.2) is 34.5 Å². The average Bonchev–Trinajstić information content (AvgIpc) is 3.10. The molecule has 4 heteroatoms. The van der Waals surface area contributed by atoms with Crippen LogP contribution in [0.1, 0.15) is 31.2 Å². The Balaban J connectivity index is 1.70. The molecule has 1 aromatic rings. The van der Waals surface area contributed by atoms with Crippen LogP contribution in [0.25, 0.3) is 0 Å². The van der Waals surface area contributed by atoms with E-state index in [1.54, 1.807) is 12.4 Å². The van der Waals surface area contributed by atoms with Gasteiger partial charge in [0.2, 0.25) is 0 Å². The molecule has 1 aliphatic carbocycles. The maximum absolute atomic E-state index is 12.4. The van der Waals surface area contributed by atoms with Gasteiger partial charge in [-0.3, -0.25) is 9.78 Å². The molecule has 2 aliphatic rings. The number of nitrogens with zero attached hydrogens (tertiary/aromatic N) is 2. The Morgan fingerprint density at radius 2 is 2.11 bits per heavy atom. The lowest BCUT2D eigenvalue weighted by atomic mass is 10.2. The SMILES string of the molecule is O=C(C1CCCO1)N(Cc1ccncc1)C1CC1. The molecule has 0 N–H and O–H groups in total. The van der Waals surface area contributed by atoms with E-state index in [0.717, 1.165) is 37.9 Å². The smallest absolute Gasteiger partial charge is 0.252 e. The van der Waals surface area contributed by atoms with Crippen LogP contribution in [0.4, 0.5) is 0 Å². The number of rotatable bonds is 4. The largest absolute Gasteiger partial charge is 0.368 e. The standard InChI is InChI=1S/C14H18N2O2/c17-14(13-2-1-9-18-13)16(12-3-4-12)10-11-5-7-15-8-6-11/h5-8,12-13H,1-4,9-10H2. The van der Waals surface area contributed by atoms with E-state index in [-0.39, 0.29) is 12.0 Å². The van der Waals surface area contributed by atoms with Gasteiger partial charge in [0.15, 0.2) is 0 Å². The molecule has 1 saturated heterocycles. The fourth-order valence-corrected chi connectivity index (χ4v) is 2.42. The normalized spacial score (nSPS) is 23.0. The molecule has 96 valence electrons. The van der Waals surface area contributed by atoms with E-state index < -0.39 is 0 Å². The maximum atomic E-state index is 12.4. The van der Waals surface area contributed by atoms with E-state index >= 15 is 0 Å². The van der Waals surface area contributed by atoms with Gasteiger partial charge in [-0.25, -0.2) is 0 Å². The van der Waals surface area contributed by atoms with Crippen LogP contribution in [0.15, 0.2) is 24.5 Å². The third kappa shape index (κ3) is 2.53. The minimum atomic E-state index is -0.201. The first kappa shape index (κ1) is 11.7. The van der Waals surface area contributed by atoms with Crippen LogP contribution in [0.3, 0.4) is 0 Å². The highest BCUT2D eigenvalue weighted by Crippen LogP contribution is 2.30. The van der Waals surface area contributed by atoms with Gasteiger partial charge in [0, 0.05) is 31.6 Å². The second-order valence-electron chi connectivity index (χ2n) is 5.05. The molecule has 0 aromatic carbocycles. The molecule has 4 nitrogen and oxygen atoms in total. The second-order valence-corrected chi connectivity index (χ2v) is 5.05. The summed E-state index contributed by atoms with van der Waals surface area (Å²) in [6, 6.07) is 4.37. The summed E-state index contributed by atoms with van der Waals surface area (Å²) in [4.78, 5) is 18.4. The zero-order chi connectivity index (χ0) is 12.4. The van der Waals surface area contributed by atoms with E-state index in [1.165, 1.54) is 0 Å². The summed E-state index contributed by atoms with van der Waals surface area (Å²) in [5, 5.41) is 0. The molecule has 1 unspecified atom stereocenters. The van der Waals surface area contributed by atoms with Crippen LogP contribution in [-0.2, 0) is 16.1 Å². The highest BCUT2D eigenvalue weighted by molar-refractivity contribution is 5.81. The molecule has 2 fully saturated rings. The lowest BCUT2D eigenvalue weighted by Gasteiger charge is -2.25. The zero-order valence-electron chi connectivity index (χ0n) is 10.4. The molecule has 0 bridgehead atoms. The number of hydrogen-bond donors (Lipinski definition) is 0. The van der Waals surface area contributed by atoms with Crippen molar-refractivity contribution in [3.63, 3.8) is 0 Å². The topological polar surface area (TPSA) is 42.4 Å². The van der Waals surface area contributed by atoms with Gasteiger partial charge in [0.25, 0.3) is 5.91 Å². The van der Waals surface area contributed by atoms with Gasteiger partial charge in [-0.15, -0.1) is 0 Å². The van der Waals surface area contributed by atoms with Crippen molar-refractivity contribution in [2.75, 3.05) is 6.61 Å². The molecule has 1 aromatic heterocycles. The number of carbonyl (C=O) groups excluding carboxylic acids is 1. The minimum Gasteiger partial charge on any atom is -0.368 e. The van der Waals surface area contributed by atoms with Crippen LogP contribution < -0.4 is 0 Å². The molecule has 3 rings (SSSR count). The summed E-state index contributed by atoms with van der Waals surface area (Å²) in [5.74, 6) is 0.173. The third-order valence-electron chi connectivity index (χ3n) is 3.58. The van der Waals surface area contributed by atoms with Crippen molar-refractivity contribution in [2.24, 2.45) is 0 Å². The van der Waals surface area contributed by atoms with E-state index in [4.69, 9.17) is 4.74 Å². The minimum absolute atomic E-state index is 0.173. The van der Waals surface area contributed by atoms with Crippen molar-refractivity contribution in [2.45, 2.75) is 44.4 Å². The van der Waals surface area contributed by atoms with Crippen molar-refractivity contribution in [3.05, 3.63) is 30.1 Å². The summed E-state index contributed by atoms with van der Waals surface area (Å²) in [6.07, 6.45) is 7.48. The first-order chi connectivity index (χ1) is 8.84. The Bertz CT molecular complexity index is 411. The van der Waals surface area contributed by atoms with Gasteiger partial charge in [0.1, 0.15) is 6.10 Å². The number of pyridine rings is 1. The lowest BCUT2D eigenvalue weighted by molar-refractivity contribution is -0.142. The van der Waals surface area contributed by atoms with E-state index in [9.17, 15) is 4.79 Å². The predicted octanol–water partition coefficient (Wildman–Crippen LogP) is 1.75. The summed E-state index contributed by atoms with van der Waals surface area (Å²) in [6.45, 7) is 1.41. The molecule has 1 atom stereocenters. The quantitative estimate of drug-likeness (QED) is 0.813. The van der Waals surface area contributed by atoms with Crippen molar-refractivity contribution < 1.29 is 9.53 Å². The summed E-state index contributed by atoms with van der Waals surface area (Å²) < 4.78 is 5.51. The summed E-state index contributed by atoms with van der Waals surface area (Å²) in [5.41, 5.74) is 1.14. The molecular formula is C14H18N2O2. The first-order valence-corrected chi connectivity index (χ1v) is 6.65. The Hall–Kier alpha value is -1.42. The molecule has 1 aliphatic heterocycles. The Labute approximate surface area is 107 Å². The van der Waals surface area contributed by atoms with Gasteiger partial charge >= 0.3 is 0 Å². The number of ether oxygens (including phenoxy) is 1. The number of carbonyl (C=O) groups is 1. The fraction of sp³-hybridized carbons (Fsp3) is 0.571. The lowest BCUT2D eigenvalue weighted by Crippen LogP contribution is -2.39. The monoisotopic (exact) mass is 246 g/mol. The van der Waals surface area contributed by atoms with Crippen molar-refractivity contribution in [1.29, 1.82) is 0 Å². The maximum Gasteiger partial charge on any atom is 0.252 e. The van der Waals surface area contributed by atoms with Gasteiger partial charge in [-0.1, -0.05) is 0 Å². The molecular weight excluding hydrogens is 228 g/mol. The second kappa shape index (κ2) is 5.06. The van der Waals surface area contributed by atoms with Crippen molar-refractivity contribution in [3.8, 4) is 0 Å². The van der Waals surface area contributed by atoms with E-state index in [1.807, 2.05) is 17.0 Å². The van der Waals surface area contributed by atoms with Gasteiger partial charge in [0.05, 0.1) is 0 Å². The highest BCUT2D eigenvalue weighted by Gasteiger charge is 2.37. The van der Waals surface area contributed by atoms with Gasteiger partial charge in [-0.05, 0) is 43.4 Å². The van der Waals surface area contributed by atoms with Gasteiger partial charge < -0.3 is 9.64 Å². The van der Waals surface area contributed by atoms with Crippen LogP contribution in [0.5, 0.6) is 0 Å². The molecule has 1 amide bonds. The Morgan fingerprint density at radius 3 is 2.72 bits per heavy atom. The van der Waals surface area contributed by atoms with Gasteiger partial charge in [-0.2, -0.15) is 0 Å². The van der Waals surface area contributed by atoms with Crippen molar-refractivity contribution >= 4 is 5.91 Å². The summed E-state index contributed by atoms with van der Waals surface area (Å²) in [7, 11) is 0. The Kier molecular flexibility index (Phi) is 3.28. The van der Waals surface area contributed by atoms with Crippen LogP contribution in [0, 0.1) is 0 Å². The highest BCUT2D eigenvalue weighted by atomic mass is 16.5. The predicted molar refractivity (Wildman–Crippen MR) is 66.8 cm³/mol. The summed E-state index contributed by atoms with van der Waals surface area (Å²) >= 11 is 0. The number of amides is 1. The van der Waals surface area contributed by atoms with E-state index in [2.05, 4.69) is 4.98 Å². The van der Waals surface area contributed by atoms with Crippen molar-refractivity contribution in [1.82, 2.24) is 9.88 Å². The number of hydrogen-bond acceptors (Lipinski definition) is 3. The van der Waals surface area contributed by atoms with Crippen LogP contribution >= 0.6 is 0 Å². The molecule has 0 spiro atoms. The number of aromatic nitrogens is 1. The average molecular weight is 246 g/mol. The zero-order valence-corrected chi connectivity index (χ0v) is 10.4. The molecule has 2 heterocycles. The molecule has 0 radical (unpaired) electrons. The Morgan fingerprint density at radius 1 is 1.33 bits per heavy atom. The molecule has 18 heavy (non-hydrogen) atoms. The van der Waals surface area contributed by atoms with E-state index in [0.29, 0.717) is 12.6 Å². The first-order valence-electron chi connectivity index (χ1n) is 6.65. The van der Waals surface area contributed by atoms with Crippen LogP contribution in [0.2, 0.25) is 0 Å². The fourth-order valence-electron chi connectivity index (χ4n) is 2.42. The third-order valence-corrected chi connectivity index (χ3v) is 3.58. The molecule has 1 saturated carbocycles.